The Labute approximate surface area is 390 Å². The Balaban J connectivity index is 1.80. The molecule has 2 saturated heterocycles. The van der Waals surface area contributed by atoms with Crippen molar-refractivity contribution in [3.63, 3.8) is 0 Å². The zero-order chi connectivity index (χ0) is 47.5. The fourth-order valence-electron chi connectivity index (χ4n) is 8.21. The van der Waals surface area contributed by atoms with E-state index < -0.39 is 92.7 Å². The Kier molecular flexibility index (Phi) is 34.8. The van der Waals surface area contributed by atoms with Crippen molar-refractivity contribution in [2.75, 3.05) is 26.4 Å². The van der Waals surface area contributed by atoms with Crippen molar-refractivity contribution in [3.05, 3.63) is 12.2 Å². The van der Waals surface area contributed by atoms with E-state index in [-0.39, 0.29) is 26.1 Å². The standard InChI is InChI=1S/C50H92O15/c1-3-5-7-9-11-13-15-17-18-19-21-22-24-26-28-30-32-41(52)60-35-38(63-42(53)33-31-29-27-25-23-20-16-14-12-10-8-6-4-2)36-61-49-48(59)46(57)44(55)40(65-49)37-62-50-47(58)45(56)43(54)39(34-51)64-50/h14,16,38-40,43-51,54-59H,3-13,15,17-37H2,1-2H3/b16-14-. The quantitative estimate of drug-likeness (QED) is 0.0187. The van der Waals surface area contributed by atoms with Crippen LogP contribution in [0.15, 0.2) is 12.2 Å². The number of rotatable bonds is 40. The summed E-state index contributed by atoms with van der Waals surface area (Å²) in [6.45, 7) is 2.58. The van der Waals surface area contributed by atoms with E-state index in [1.165, 1.54) is 103 Å². The number of aliphatic hydroxyl groups is 7. The van der Waals surface area contributed by atoms with Crippen LogP contribution in [-0.4, -0.2) is 142 Å². The monoisotopic (exact) mass is 933 g/mol. The maximum Gasteiger partial charge on any atom is 0.306 e. The summed E-state index contributed by atoms with van der Waals surface area (Å²) in [5.74, 6) is -0.925. The van der Waals surface area contributed by atoms with Gasteiger partial charge in [0.25, 0.3) is 0 Å². The maximum atomic E-state index is 13.0. The molecule has 65 heavy (non-hydrogen) atoms. The highest BCUT2D eigenvalue weighted by molar-refractivity contribution is 5.70. The molecule has 0 spiro atoms. The normalized spacial score (nSPS) is 26.4. The first-order valence-electron chi connectivity index (χ1n) is 25.8. The zero-order valence-corrected chi connectivity index (χ0v) is 40.2. The summed E-state index contributed by atoms with van der Waals surface area (Å²) >= 11 is 0. The summed E-state index contributed by atoms with van der Waals surface area (Å²) in [4.78, 5) is 25.7. The predicted octanol–water partition coefficient (Wildman–Crippen LogP) is 6.99. The molecule has 7 N–H and O–H groups in total. The lowest BCUT2D eigenvalue weighted by atomic mass is 9.98. The molecule has 2 heterocycles. The van der Waals surface area contributed by atoms with Crippen molar-refractivity contribution in [1.82, 2.24) is 0 Å². The largest absolute Gasteiger partial charge is 0.462 e. The van der Waals surface area contributed by atoms with Crippen molar-refractivity contribution < 1.29 is 73.8 Å². The van der Waals surface area contributed by atoms with Gasteiger partial charge in [-0.05, 0) is 38.5 Å². The van der Waals surface area contributed by atoms with Gasteiger partial charge >= 0.3 is 11.9 Å². The van der Waals surface area contributed by atoms with E-state index in [2.05, 4.69) is 26.0 Å². The smallest absolute Gasteiger partial charge is 0.306 e. The van der Waals surface area contributed by atoms with Crippen molar-refractivity contribution in [2.24, 2.45) is 0 Å². The molecule has 0 aromatic heterocycles. The zero-order valence-electron chi connectivity index (χ0n) is 40.2. The summed E-state index contributed by atoms with van der Waals surface area (Å²) < 4.78 is 33.6. The number of ether oxygens (including phenoxy) is 6. The molecular formula is C50H92O15. The molecular weight excluding hydrogens is 841 g/mol. The third kappa shape index (κ3) is 26.5. The predicted molar refractivity (Wildman–Crippen MR) is 248 cm³/mol. The Bertz CT molecular complexity index is 1190. The van der Waals surface area contributed by atoms with E-state index >= 15 is 0 Å². The minimum absolute atomic E-state index is 0.159. The number of unbranched alkanes of at least 4 members (excludes halogenated alkanes) is 24. The van der Waals surface area contributed by atoms with Crippen molar-refractivity contribution >= 4 is 11.9 Å². The second kappa shape index (κ2) is 38.1. The topological polar surface area (TPSA) is 231 Å². The molecule has 11 unspecified atom stereocenters. The average molecular weight is 933 g/mol. The maximum absolute atomic E-state index is 13.0. The first-order valence-corrected chi connectivity index (χ1v) is 25.8. The summed E-state index contributed by atoms with van der Waals surface area (Å²) in [5, 5.41) is 72.0. The van der Waals surface area contributed by atoms with Gasteiger partial charge in [-0.3, -0.25) is 9.59 Å². The highest BCUT2D eigenvalue weighted by Gasteiger charge is 2.47. The Morgan fingerprint density at radius 1 is 0.477 bits per heavy atom. The van der Waals surface area contributed by atoms with Crippen molar-refractivity contribution in [1.29, 1.82) is 0 Å². The lowest BCUT2D eigenvalue weighted by Gasteiger charge is -2.42. The van der Waals surface area contributed by atoms with E-state index in [1.54, 1.807) is 0 Å². The molecule has 382 valence electrons. The minimum Gasteiger partial charge on any atom is -0.462 e. The minimum atomic E-state index is -1.76. The van der Waals surface area contributed by atoms with Crippen LogP contribution in [0.1, 0.15) is 200 Å². The van der Waals surface area contributed by atoms with Crippen molar-refractivity contribution in [3.8, 4) is 0 Å². The number of carbonyl (C=O) groups excluding carboxylic acids is 2. The number of allylic oxidation sites excluding steroid dienone is 2. The van der Waals surface area contributed by atoms with Crippen LogP contribution in [0, 0.1) is 0 Å². The molecule has 2 rings (SSSR count). The van der Waals surface area contributed by atoms with Gasteiger partial charge in [-0.15, -0.1) is 0 Å². The van der Waals surface area contributed by atoms with Crippen LogP contribution in [-0.2, 0) is 38.0 Å². The number of aliphatic hydroxyl groups excluding tert-OH is 7. The van der Waals surface area contributed by atoms with Gasteiger partial charge in [0.15, 0.2) is 18.7 Å². The van der Waals surface area contributed by atoms with Crippen LogP contribution in [0.25, 0.3) is 0 Å². The third-order valence-corrected chi connectivity index (χ3v) is 12.5. The Hall–Kier alpha value is -1.76. The number of hydrogen-bond acceptors (Lipinski definition) is 15. The van der Waals surface area contributed by atoms with Gasteiger partial charge in [-0.1, -0.05) is 161 Å². The summed E-state index contributed by atoms with van der Waals surface area (Å²) in [6.07, 6.45) is 19.5. The van der Waals surface area contributed by atoms with Gasteiger partial charge in [0.2, 0.25) is 0 Å². The van der Waals surface area contributed by atoms with E-state index in [9.17, 15) is 45.3 Å². The first kappa shape index (κ1) is 59.4. The molecule has 0 aromatic carbocycles. The van der Waals surface area contributed by atoms with Gasteiger partial charge in [0.1, 0.15) is 55.4 Å². The highest BCUT2D eigenvalue weighted by Crippen LogP contribution is 2.26. The van der Waals surface area contributed by atoms with Gasteiger partial charge in [-0.25, -0.2) is 0 Å². The van der Waals surface area contributed by atoms with Gasteiger partial charge in [-0.2, -0.15) is 0 Å². The van der Waals surface area contributed by atoms with Gasteiger partial charge in [0, 0.05) is 12.8 Å². The van der Waals surface area contributed by atoms with E-state index in [0.717, 1.165) is 57.8 Å². The van der Waals surface area contributed by atoms with E-state index in [4.69, 9.17) is 28.4 Å². The molecule has 0 saturated carbocycles. The summed E-state index contributed by atoms with van der Waals surface area (Å²) in [6, 6.07) is 0. The third-order valence-electron chi connectivity index (χ3n) is 12.5. The molecule has 15 heteroatoms. The molecule has 0 aliphatic carbocycles. The molecule has 11 atom stereocenters. The molecule has 0 radical (unpaired) electrons. The molecule has 15 nitrogen and oxygen atoms in total. The second-order valence-electron chi connectivity index (χ2n) is 18.4. The fraction of sp³-hybridized carbons (Fsp3) is 0.920. The van der Waals surface area contributed by atoms with E-state index in [1.807, 2.05) is 0 Å². The van der Waals surface area contributed by atoms with Gasteiger partial charge in [0.05, 0.1) is 19.8 Å². The highest BCUT2D eigenvalue weighted by atomic mass is 16.7. The fourth-order valence-corrected chi connectivity index (χ4v) is 8.21. The molecule has 2 aliphatic heterocycles. The first-order chi connectivity index (χ1) is 31.5. The molecule has 2 fully saturated rings. The van der Waals surface area contributed by atoms with Crippen LogP contribution < -0.4 is 0 Å². The lowest BCUT2D eigenvalue weighted by molar-refractivity contribution is -0.332. The SMILES string of the molecule is CCCCCC/C=C\CCCCCCCC(=O)OC(COC(=O)CCCCCCCCCCCCCCCCCC)COC1OC(COC2OC(CO)C(O)C(O)C2O)C(O)C(O)C1O. The summed E-state index contributed by atoms with van der Waals surface area (Å²) in [5.41, 5.74) is 0. The van der Waals surface area contributed by atoms with Crippen LogP contribution in [0.2, 0.25) is 0 Å². The Morgan fingerprint density at radius 2 is 0.877 bits per heavy atom. The van der Waals surface area contributed by atoms with Crippen LogP contribution in [0.5, 0.6) is 0 Å². The van der Waals surface area contributed by atoms with Gasteiger partial charge < -0.3 is 64.2 Å². The number of carbonyl (C=O) groups is 2. The molecule has 2 aliphatic rings. The number of hydrogen-bond donors (Lipinski definition) is 7. The van der Waals surface area contributed by atoms with Crippen LogP contribution in [0.3, 0.4) is 0 Å². The number of esters is 2. The summed E-state index contributed by atoms with van der Waals surface area (Å²) in [7, 11) is 0. The lowest BCUT2D eigenvalue weighted by Crippen LogP contribution is -2.61. The van der Waals surface area contributed by atoms with Crippen molar-refractivity contribution in [2.45, 2.75) is 268 Å². The Morgan fingerprint density at radius 3 is 1.37 bits per heavy atom. The second-order valence-corrected chi connectivity index (χ2v) is 18.4. The average Bonchev–Trinajstić information content (AvgIpc) is 3.30. The molecule has 0 aromatic rings. The van der Waals surface area contributed by atoms with Crippen LogP contribution in [0.4, 0.5) is 0 Å². The molecule has 0 bridgehead atoms. The van der Waals surface area contributed by atoms with Crippen LogP contribution >= 0.6 is 0 Å². The molecule has 0 amide bonds. The van der Waals surface area contributed by atoms with E-state index in [0.29, 0.717) is 12.8 Å².